The zero-order valence-electron chi connectivity index (χ0n) is 17.9. The molecule has 0 aliphatic heterocycles. The van der Waals surface area contributed by atoms with Gasteiger partial charge in [0.15, 0.2) is 6.61 Å². The number of aromatic nitrogens is 1. The molecule has 156 valence electrons. The molecule has 31 heavy (non-hydrogen) atoms. The van der Waals surface area contributed by atoms with Crippen LogP contribution in [0.1, 0.15) is 16.7 Å². The average molecular weight is 412 g/mol. The van der Waals surface area contributed by atoms with E-state index in [2.05, 4.69) is 45.4 Å². The second kappa shape index (κ2) is 8.88. The van der Waals surface area contributed by atoms with Crippen LogP contribution in [0.25, 0.3) is 22.2 Å². The van der Waals surface area contributed by atoms with E-state index in [1.54, 1.807) is 6.21 Å². The molecule has 5 heteroatoms. The predicted molar refractivity (Wildman–Crippen MR) is 126 cm³/mol. The van der Waals surface area contributed by atoms with Gasteiger partial charge in [-0.2, -0.15) is 5.10 Å². The summed E-state index contributed by atoms with van der Waals surface area (Å²) in [5.41, 5.74) is 8.97. The van der Waals surface area contributed by atoms with E-state index in [0.29, 0.717) is 5.75 Å². The maximum absolute atomic E-state index is 12.2. The number of benzene rings is 3. The molecule has 1 amide bonds. The van der Waals surface area contributed by atoms with E-state index in [-0.39, 0.29) is 12.5 Å². The van der Waals surface area contributed by atoms with Crippen LogP contribution in [0.15, 0.2) is 77.9 Å². The van der Waals surface area contributed by atoms with E-state index in [4.69, 9.17) is 4.74 Å². The number of hydrazone groups is 1. The lowest BCUT2D eigenvalue weighted by atomic mass is 10.1. The zero-order chi connectivity index (χ0) is 21.8. The van der Waals surface area contributed by atoms with Crippen LogP contribution in [-0.2, 0) is 11.8 Å². The molecule has 0 saturated heterocycles. The molecule has 0 saturated carbocycles. The maximum Gasteiger partial charge on any atom is 0.277 e. The summed E-state index contributed by atoms with van der Waals surface area (Å²) in [6, 6.07) is 24.2. The number of carbonyl (C=O) groups excluding carboxylic acids is 1. The summed E-state index contributed by atoms with van der Waals surface area (Å²) < 4.78 is 7.76. The van der Waals surface area contributed by atoms with Crippen LogP contribution < -0.4 is 10.2 Å². The summed E-state index contributed by atoms with van der Waals surface area (Å²) in [5, 5.41) is 5.30. The number of para-hydroxylation sites is 1. The summed E-state index contributed by atoms with van der Waals surface area (Å²) >= 11 is 0. The molecular weight excluding hydrogens is 386 g/mol. The highest BCUT2D eigenvalue weighted by Crippen LogP contribution is 2.31. The number of hydrogen-bond acceptors (Lipinski definition) is 3. The third-order valence-electron chi connectivity index (χ3n) is 5.14. The summed E-state index contributed by atoms with van der Waals surface area (Å²) in [6.07, 6.45) is 1.71. The monoisotopic (exact) mass is 411 g/mol. The summed E-state index contributed by atoms with van der Waals surface area (Å²) in [7, 11) is 2.04. The zero-order valence-corrected chi connectivity index (χ0v) is 17.9. The van der Waals surface area contributed by atoms with Crippen molar-refractivity contribution in [2.75, 3.05) is 6.61 Å². The molecule has 0 aliphatic carbocycles. The van der Waals surface area contributed by atoms with Crippen LogP contribution in [0.3, 0.4) is 0 Å². The SMILES string of the molecule is Cc1cc(C)cc(OCC(=O)NN=Cc2c(-c3ccccc3)n(C)c3ccccc23)c1. The van der Waals surface area contributed by atoms with E-state index < -0.39 is 0 Å². The Hall–Kier alpha value is -3.86. The van der Waals surface area contributed by atoms with Crippen molar-refractivity contribution in [2.45, 2.75) is 13.8 Å². The van der Waals surface area contributed by atoms with Crippen molar-refractivity contribution in [1.29, 1.82) is 0 Å². The molecule has 1 aromatic heterocycles. The first-order valence-corrected chi connectivity index (χ1v) is 10.2. The van der Waals surface area contributed by atoms with E-state index >= 15 is 0 Å². The molecule has 0 bridgehead atoms. The molecule has 0 radical (unpaired) electrons. The van der Waals surface area contributed by atoms with Crippen molar-refractivity contribution in [3.8, 4) is 17.0 Å². The lowest BCUT2D eigenvalue weighted by Gasteiger charge is -2.07. The van der Waals surface area contributed by atoms with Crippen LogP contribution in [0.4, 0.5) is 0 Å². The van der Waals surface area contributed by atoms with Gasteiger partial charge in [-0.25, -0.2) is 5.43 Å². The van der Waals surface area contributed by atoms with Crippen LogP contribution in [-0.4, -0.2) is 23.3 Å². The minimum atomic E-state index is -0.308. The third-order valence-corrected chi connectivity index (χ3v) is 5.14. The number of nitrogens with zero attached hydrogens (tertiary/aromatic N) is 2. The number of fused-ring (bicyclic) bond motifs is 1. The smallest absolute Gasteiger partial charge is 0.277 e. The fourth-order valence-corrected chi connectivity index (χ4v) is 3.86. The molecule has 1 N–H and O–H groups in total. The van der Waals surface area contributed by atoms with Gasteiger partial charge in [-0.3, -0.25) is 4.79 Å². The summed E-state index contributed by atoms with van der Waals surface area (Å²) in [4.78, 5) is 12.2. The van der Waals surface area contributed by atoms with Crippen LogP contribution in [0.2, 0.25) is 0 Å². The first-order valence-electron chi connectivity index (χ1n) is 10.2. The average Bonchev–Trinajstić information content (AvgIpc) is 3.04. The number of hydrogen-bond donors (Lipinski definition) is 1. The normalized spacial score (nSPS) is 11.2. The molecule has 0 spiro atoms. The molecule has 0 aliphatic rings. The third kappa shape index (κ3) is 4.51. The van der Waals surface area contributed by atoms with Gasteiger partial charge >= 0.3 is 0 Å². The van der Waals surface area contributed by atoms with Gasteiger partial charge in [-0.05, 0) is 48.7 Å². The summed E-state index contributed by atoms with van der Waals surface area (Å²) in [6.45, 7) is 3.90. The van der Waals surface area contributed by atoms with Crippen LogP contribution >= 0.6 is 0 Å². The van der Waals surface area contributed by atoms with E-state index in [9.17, 15) is 4.79 Å². The number of ether oxygens (including phenoxy) is 1. The predicted octanol–water partition coefficient (Wildman–Crippen LogP) is 4.99. The van der Waals surface area contributed by atoms with Crippen molar-refractivity contribution in [1.82, 2.24) is 9.99 Å². The Kier molecular flexibility index (Phi) is 5.85. The van der Waals surface area contributed by atoms with Gasteiger partial charge in [0.2, 0.25) is 0 Å². The standard InChI is InChI=1S/C26H25N3O2/c1-18-13-19(2)15-21(14-18)31-17-25(30)28-27-16-23-22-11-7-8-12-24(22)29(3)26(23)20-9-5-4-6-10-20/h4-16H,17H2,1-3H3,(H,28,30). The highest BCUT2D eigenvalue weighted by Gasteiger charge is 2.15. The van der Waals surface area contributed by atoms with Gasteiger partial charge in [0.05, 0.1) is 11.9 Å². The van der Waals surface area contributed by atoms with Crippen LogP contribution in [0.5, 0.6) is 5.75 Å². The molecule has 4 aromatic rings. The van der Waals surface area contributed by atoms with Gasteiger partial charge in [0.25, 0.3) is 5.91 Å². The fraction of sp³-hybridized carbons (Fsp3) is 0.154. The number of rotatable bonds is 6. The number of carbonyl (C=O) groups is 1. The molecule has 0 fully saturated rings. The van der Waals surface area contributed by atoms with Gasteiger partial charge in [-0.1, -0.05) is 54.6 Å². The molecular formula is C26H25N3O2. The van der Waals surface area contributed by atoms with Crippen molar-refractivity contribution in [2.24, 2.45) is 12.1 Å². The minimum absolute atomic E-state index is 0.0959. The second-order valence-electron chi connectivity index (χ2n) is 7.61. The van der Waals surface area contributed by atoms with Gasteiger partial charge in [0, 0.05) is 23.5 Å². The number of amides is 1. The van der Waals surface area contributed by atoms with Gasteiger partial charge < -0.3 is 9.30 Å². The van der Waals surface area contributed by atoms with Crippen LogP contribution in [0, 0.1) is 13.8 Å². The largest absolute Gasteiger partial charge is 0.484 e. The van der Waals surface area contributed by atoms with E-state index in [1.165, 1.54) is 0 Å². The van der Waals surface area contributed by atoms with Crippen molar-refractivity contribution in [3.05, 3.63) is 89.5 Å². The number of aryl methyl sites for hydroxylation is 3. The quantitative estimate of drug-likeness (QED) is 0.359. The molecule has 5 nitrogen and oxygen atoms in total. The fourth-order valence-electron chi connectivity index (χ4n) is 3.86. The topological polar surface area (TPSA) is 55.6 Å². The highest BCUT2D eigenvalue weighted by atomic mass is 16.5. The van der Waals surface area contributed by atoms with Gasteiger partial charge in [0.1, 0.15) is 5.75 Å². The minimum Gasteiger partial charge on any atom is -0.484 e. The van der Waals surface area contributed by atoms with Gasteiger partial charge in [-0.15, -0.1) is 0 Å². The Morgan fingerprint density at radius 3 is 2.42 bits per heavy atom. The molecule has 4 rings (SSSR count). The van der Waals surface area contributed by atoms with Crippen molar-refractivity contribution >= 4 is 23.0 Å². The van der Waals surface area contributed by atoms with Crippen molar-refractivity contribution < 1.29 is 9.53 Å². The molecule has 3 aromatic carbocycles. The van der Waals surface area contributed by atoms with Crippen molar-refractivity contribution in [3.63, 3.8) is 0 Å². The molecule has 0 unspecified atom stereocenters. The first-order chi connectivity index (χ1) is 15.0. The summed E-state index contributed by atoms with van der Waals surface area (Å²) in [5.74, 6) is 0.369. The Labute approximate surface area is 182 Å². The first kappa shape index (κ1) is 20.4. The maximum atomic E-state index is 12.2. The van der Waals surface area contributed by atoms with E-state index in [0.717, 1.165) is 38.9 Å². The Balaban J connectivity index is 1.53. The highest BCUT2D eigenvalue weighted by molar-refractivity contribution is 6.06. The second-order valence-corrected chi connectivity index (χ2v) is 7.61. The lowest BCUT2D eigenvalue weighted by Crippen LogP contribution is -2.24. The Morgan fingerprint density at radius 2 is 1.68 bits per heavy atom. The Bertz CT molecular complexity index is 1240. The molecule has 0 atom stereocenters. The van der Waals surface area contributed by atoms with E-state index in [1.807, 2.05) is 63.4 Å². The lowest BCUT2D eigenvalue weighted by molar-refractivity contribution is -0.123. The number of nitrogens with one attached hydrogen (secondary N) is 1. The Morgan fingerprint density at radius 1 is 1.00 bits per heavy atom. The molecule has 1 heterocycles.